The molecule has 0 spiro atoms. The second-order valence-electron chi connectivity index (χ2n) is 4.80. The number of aryl methyl sites for hydroxylation is 1. The van der Waals surface area contributed by atoms with E-state index in [0.29, 0.717) is 5.56 Å². The van der Waals surface area contributed by atoms with Crippen LogP contribution in [-0.4, -0.2) is 20.6 Å². The molecule has 3 rings (SSSR count). The van der Waals surface area contributed by atoms with Crippen molar-refractivity contribution in [2.24, 2.45) is 0 Å². The normalized spacial score (nSPS) is 11.1. The Morgan fingerprint density at radius 1 is 1.40 bits per heavy atom. The fraction of sp³-hybridized carbons (Fsp3) is 0.200. The molecule has 3 aromatic rings. The molecule has 0 aliphatic heterocycles. The van der Waals surface area contributed by atoms with Crippen LogP contribution in [0.25, 0.3) is 10.9 Å². The maximum atomic E-state index is 11.1. The van der Waals surface area contributed by atoms with E-state index in [1.807, 2.05) is 24.7 Å². The number of hydrogen-bond acceptors (Lipinski definition) is 3. The number of carbonyl (C=O) groups is 1. The summed E-state index contributed by atoms with van der Waals surface area (Å²) in [7, 11) is 0. The van der Waals surface area contributed by atoms with Crippen LogP contribution in [0.5, 0.6) is 0 Å². The summed E-state index contributed by atoms with van der Waals surface area (Å²) in [4.78, 5) is 16.4. The molecular formula is C15H14N2O2S. The summed E-state index contributed by atoms with van der Waals surface area (Å²) in [5.74, 6) is -0.890. The molecule has 5 heteroatoms. The fourth-order valence-corrected chi connectivity index (χ4v) is 3.05. The first-order valence-electron chi connectivity index (χ1n) is 6.28. The zero-order chi connectivity index (χ0) is 14.3. The van der Waals surface area contributed by atoms with Crippen LogP contribution >= 0.6 is 11.3 Å². The van der Waals surface area contributed by atoms with Crippen molar-refractivity contribution in [3.05, 3.63) is 51.6 Å². The molecule has 2 heterocycles. The first kappa shape index (κ1) is 12.9. The number of aromatic nitrogens is 2. The van der Waals surface area contributed by atoms with E-state index >= 15 is 0 Å². The number of carboxylic acids is 1. The Bertz CT molecular complexity index is 788. The topological polar surface area (TPSA) is 55.1 Å². The molecule has 0 aliphatic rings. The largest absolute Gasteiger partial charge is 0.478 e. The van der Waals surface area contributed by atoms with Gasteiger partial charge in [0.25, 0.3) is 0 Å². The van der Waals surface area contributed by atoms with Crippen LogP contribution in [-0.2, 0) is 6.54 Å². The van der Waals surface area contributed by atoms with E-state index in [0.717, 1.165) is 28.7 Å². The molecule has 1 aromatic carbocycles. The van der Waals surface area contributed by atoms with Gasteiger partial charge < -0.3 is 9.67 Å². The average molecular weight is 286 g/mol. The predicted molar refractivity (Wildman–Crippen MR) is 79.6 cm³/mol. The van der Waals surface area contributed by atoms with Crippen molar-refractivity contribution in [2.45, 2.75) is 20.4 Å². The fourth-order valence-electron chi connectivity index (χ4n) is 2.46. The molecular weight excluding hydrogens is 272 g/mol. The number of hydrogen-bond donors (Lipinski definition) is 1. The van der Waals surface area contributed by atoms with Crippen LogP contribution in [0.3, 0.4) is 0 Å². The summed E-state index contributed by atoms with van der Waals surface area (Å²) in [6.07, 6.45) is 1.87. The van der Waals surface area contributed by atoms with Gasteiger partial charge in [0.15, 0.2) is 0 Å². The third kappa shape index (κ3) is 2.00. The van der Waals surface area contributed by atoms with Gasteiger partial charge in [0.1, 0.15) is 0 Å². The van der Waals surface area contributed by atoms with Crippen molar-refractivity contribution in [3.63, 3.8) is 0 Å². The van der Waals surface area contributed by atoms with Gasteiger partial charge in [-0.05, 0) is 37.6 Å². The maximum absolute atomic E-state index is 11.1. The van der Waals surface area contributed by atoms with Crippen molar-refractivity contribution in [3.8, 4) is 0 Å². The van der Waals surface area contributed by atoms with Crippen LogP contribution in [0.2, 0.25) is 0 Å². The van der Waals surface area contributed by atoms with E-state index in [1.54, 1.807) is 23.5 Å². The minimum Gasteiger partial charge on any atom is -0.478 e. The molecule has 0 aliphatic carbocycles. The average Bonchev–Trinajstić information content (AvgIpc) is 3.02. The van der Waals surface area contributed by atoms with Gasteiger partial charge in [-0.1, -0.05) is 0 Å². The molecule has 0 bridgehead atoms. The van der Waals surface area contributed by atoms with E-state index in [4.69, 9.17) is 5.11 Å². The summed E-state index contributed by atoms with van der Waals surface area (Å²) < 4.78 is 2.21. The standard InChI is InChI=1S/C15H14N2O2S/c1-9-10(2)17(7-12-6-16-8-20-12)14-4-3-11(15(18)19)5-13(9)14/h3-6,8H,7H2,1-2H3,(H,18,19). The van der Waals surface area contributed by atoms with Crippen LogP contribution in [0.1, 0.15) is 26.5 Å². The zero-order valence-corrected chi connectivity index (χ0v) is 12.1. The summed E-state index contributed by atoms with van der Waals surface area (Å²) in [5.41, 5.74) is 5.52. The highest BCUT2D eigenvalue weighted by Gasteiger charge is 2.14. The molecule has 0 fully saturated rings. The lowest BCUT2D eigenvalue weighted by molar-refractivity contribution is 0.0697. The Balaban J connectivity index is 2.17. The van der Waals surface area contributed by atoms with Crippen LogP contribution < -0.4 is 0 Å². The van der Waals surface area contributed by atoms with Crippen molar-refractivity contribution in [1.29, 1.82) is 0 Å². The lowest BCUT2D eigenvalue weighted by Gasteiger charge is -2.06. The first-order valence-corrected chi connectivity index (χ1v) is 7.16. The smallest absolute Gasteiger partial charge is 0.335 e. The molecule has 0 amide bonds. The summed E-state index contributed by atoms with van der Waals surface area (Å²) in [6.45, 7) is 4.87. The SMILES string of the molecule is Cc1c(C)n(Cc2cncs2)c2ccc(C(=O)O)cc12. The molecule has 4 nitrogen and oxygen atoms in total. The molecule has 0 radical (unpaired) electrons. The molecule has 1 N–H and O–H groups in total. The number of aromatic carboxylic acids is 1. The van der Waals surface area contributed by atoms with E-state index in [9.17, 15) is 4.79 Å². The summed E-state index contributed by atoms with van der Waals surface area (Å²) in [6, 6.07) is 5.30. The Morgan fingerprint density at radius 2 is 2.20 bits per heavy atom. The van der Waals surface area contributed by atoms with Crippen LogP contribution in [0.4, 0.5) is 0 Å². The highest BCUT2D eigenvalue weighted by molar-refractivity contribution is 7.09. The molecule has 0 saturated heterocycles. The van der Waals surface area contributed by atoms with Gasteiger partial charge in [0.05, 0.1) is 17.6 Å². The lowest BCUT2D eigenvalue weighted by atomic mass is 10.1. The summed E-state index contributed by atoms with van der Waals surface area (Å²) >= 11 is 1.63. The van der Waals surface area contributed by atoms with Gasteiger partial charge >= 0.3 is 5.97 Å². The van der Waals surface area contributed by atoms with Crippen LogP contribution in [0, 0.1) is 13.8 Å². The van der Waals surface area contributed by atoms with E-state index in [-0.39, 0.29) is 0 Å². The number of thiazole rings is 1. The molecule has 0 unspecified atom stereocenters. The van der Waals surface area contributed by atoms with Gasteiger partial charge in [-0.25, -0.2) is 4.79 Å². The highest BCUT2D eigenvalue weighted by Crippen LogP contribution is 2.27. The molecule has 20 heavy (non-hydrogen) atoms. The van der Waals surface area contributed by atoms with E-state index in [1.165, 1.54) is 4.88 Å². The van der Waals surface area contributed by atoms with Gasteiger partial charge in [0, 0.05) is 27.7 Å². The van der Waals surface area contributed by atoms with E-state index < -0.39 is 5.97 Å². The van der Waals surface area contributed by atoms with Crippen LogP contribution in [0.15, 0.2) is 29.9 Å². The molecule has 0 saturated carbocycles. The van der Waals surface area contributed by atoms with Crippen molar-refractivity contribution < 1.29 is 9.90 Å². The first-order chi connectivity index (χ1) is 9.58. The third-order valence-corrected chi connectivity index (χ3v) is 4.45. The molecule has 0 atom stereocenters. The lowest BCUT2D eigenvalue weighted by Crippen LogP contribution is -2.00. The number of carboxylic acid groups (broad SMARTS) is 1. The Morgan fingerprint density at radius 3 is 2.85 bits per heavy atom. The number of nitrogens with zero attached hydrogens (tertiary/aromatic N) is 2. The van der Waals surface area contributed by atoms with E-state index in [2.05, 4.69) is 16.5 Å². The monoisotopic (exact) mass is 286 g/mol. The van der Waals surface area contributed by atoms with Crippen molar-refractivity contribution >= 4 is 28.2 Å². The minimum absolute atomic E-state index is 0.329. The summed E-state index contributed by atoms with van der Waals surface area (Å²) in [5, 5.41) is 10.1. The van der Waals surface area contributed by atoms with Gasteiger partial charge in [0.2, 0.25) is 0 Å². The Labute approximate surface area is 120 Å². The van der Waals surface area contributed by atoms with Gasteiger partial charge in [-0.2, -0.15) is 0 Å². The number of benzene rings is 1. The minimum atomic E-state index is -0.890. The van der Waals surface area contributed by atoms with Crippen molar-refractivity contribution in [2.75, 3.05) is 0 Å². The molecule has 2 aromatic heterocycles. The quantitative estimate of drug-likeness (QED) is 0.802. The third-order valence-electron chi connectivity index (χ3n) is 3.68. The van der Waals surface area contributed by atoms with Gasteiger partial charge in [-0.3, -0.25) is 4.98 Å². The van der Waals surface area contributed by atoms with Crippen molar-refractivity contribution in [1.82, 2.24) is 9.55 Å². The number of rotatable bonds is 3. The number of fused-ring (bicyclic) bond motifs is 1. The zero-order valence-electron chi connectivity index (χ0n) is 11.3. The Hall–Kier alpha value is -2.14. The predicted octanol–water partition coefficient (Wildman–Crippen LogP) is 3.46. The highest BCUT2D eigenvalue weighted by atomic mass is 32.1. The maximum Gasteiger partial charge on any atom is 0.335 e. The second kappa shape index (κ2) is 4.76. The van der Waals surface area contributed by atoms with Gasteiger partial charge in [-0.15, -0.1) is 11.3 Å². The molecule has 102 valence electrons. The second-order valence-corrected chi connectivity index (χ2v) is 5.77. The Kier molecular flexibility index (Phi) is 3.06.